The lowest BCUT2D eigenvalue weighted by Gasteiger charge is -2.31. The molecule has 1 saturated carbocycles. The SMILES string of the molecule is Cc1ccc(CCC(=O)NC2CCCCC2CBr)cc1. The smallest absolute Gasteiger partial charge is 0.220 e. The van der Waals surface area contributed by atoms with Gasteiger partial charge >= 0.3 is 0 Å². The summed E-state index contributed by atoms with van der Waals surface area (Å²) in [6.45, 7) is 2.08. The molecule has 0 aromatic heterocycles. The van der Waals surface area contributed by atoms with Gasteiger partial charge in [0.15, 0.2) is 0 Å². The summed E-state index contributed by atoms with van der Waals surface area (Å²) in [6.07, 6.45) is 6.32. The van der Waals surface area contributed by atoms with Crippen molar-refractivity contribution >= 4 is 21.8 Å². The van der Waals surface area contributed by atoms with Crippen LogP contribution in [-0.4, -0.2) is 17.3 Å². The molecule has 0 bridgehead atoms. The van der Waals surface area contributed by atoms with Crippen molar-refractivity contribution in [1.29, 1.82) is 0 Å². The van der Waals surface area contributed by atoms with Gasteiger partial charge in [-0.3, -0.25) is 4.79 Å². The van der Waals surface area contributed by atoms with Crippen molar-refractivity contribution in [1.82, 2.24) is 5.32 Å². The van der Waals surface area contributed by atoms with Gasteiger partial charge in [-0.1, -0.05) is 58.6 Å². The molecule has 2 unspecified atom stereocenters. The fraction of sp³-hybridized carbons (Fsp3) is 0.588. The van der Waals surface area contributed by atoms with E-state index >= 15 is 0 Å². The van der Waals surface area contributed by atoms with E-state index in [9.17, 15) is 4.79 Å². The van der Waals surface area contributed by atoms with E-state index in [0.29, 0.717) is 18.4 Å². The average Bonchev–Trinajstić information content (AvgIpc) is 2.47. The monoisotopic (exact) mass is 337 g/mol. The van der Waals surface area contributed by atoms with E-state index < -0.39 is 0 Å². The molecule has 1 fully saturated rings. The zero-order chi connectivity index (χ0) is 14.4. The van der Waals surface area contributed by atoms with Crippen molar-refractivity contribution in [3.05, 3.63) is 35.4 Å². The number of aryl methyl sites for hydroxylation is 2. The van der Waals surface area contributed by atoms with Crippen LogP contribution in [0, 0.1) is 12.8 Å². The number of amides is 1. The summed E-state index contributed by atoms with van der Waals surface area (Å²) >= 11 is 3.57. The molecule has 0 saturated heterocycles. The molecule has 2 atom stereocenters. The van der Waals surface area contributed by atoms with Crippen molar-refractivity contribution in [2.75, 3.05) is 5.33 Å². The van der Waals surface area contributed by atoms with Crippen LogP contribution in [0.15, 0.2) is 24.3 Å². The standard InChI is InChI=1S/C17H24BrNO/c1-13-6-8-14(9-7-13)10-11-17(20)19-16-5-3-2-4-15(16)12-18/h6-9,15-16H,2-5,10-12H2,1H3,(H,19,20). The van der Waals surface area contributed by atoms with Gasteiger partial charge in [-0.25, -0.2) is 0 Å². The predicted octanol–water partition coefficient (Wildman–Crippen LogP) is 4.00. The maximum atomic E-state index is 12.1. The van der Waals surface area contributed by atoms with Gasteiger partial charge in [-0.05, 0) is 37.7 Å². The Balaban J connectivity index is 1.78. The van der Waals surface area contributed by atoms with Crippen LogP contribution in [-0.2, 0) is 11.2 Å². The number of alkyl halides is 1. The summed E-state index contributed by atoms with van der Waals surface area (Å²) in [5.41, 5.74) is 2.51. The van der Waals surface area contributed by atoms with Crippen LogP contribution in [0.4, 0.5) is 0 Å². The topological polar surface area (TPSA) is 29.1 Å². The highest BCUT2D eigenvalue weighted by Gasteiger charge is 2.25. The molecule has 1 aliphatic rings. The summed E-state index contributed by atoms with van der Waals surface area (Å²) in [7, 11) is 0. The van der Waals surface area contributed by atoms with Crippen molar-refractivity contribution in [3.63, 3.8) is 0 Å². The Bertz CT molecular complexity index is 429. The fourth-order valence-corrected chi connectivity index (χ4v) is 3.65. The summed E-state index contributed by atoms with van der Waals surface area (Å²) in [4.78, 5) is 12.1. The van der Waals surface area contributed by atoms with Crippen LogP contribution in [0.2, 0.25) is 0 Å². The number of benzene rings is 1. The number of hydrogen-bond acceptors (Lipinski definition) is 1. The molecule has 2 nitrogen and oxygen atoms in total. The first-order chi connectivity index (χ1) is 9.69. The van der Waals surface area contributed by atoms with Crippen molar-refractivity contribution < 1.29 is 4.79 Å². The second kappa shape index (κ2) is 7.82. The van der Waals surface area contributed by atoms with E-state index in [0.717, 1.165) is 18.2 Å². The van der Waals surface area contributed by atoms with Crippen LogP contribution < -0.4 is 5.32 Å². The Kier molecular flexibility index (Phi) is 6.08. The Morgan fingerprint density at radius 3 is 2.65 bits per heavy atom. The summed E-state index contributed by atoms with van der Waals surface area (Å²) in [5, 5.41) is 4.23. The maximum Gasteiger partial charge on any atom is 0.220 e. The molecule has 1 aromatic rings. The lowest BCUT2D eigenvalue weighted by atomic mass is 9.86. The Hall–Kier alpha value is -0.830. The van der Waals surface area contributed by atoms with Gasteiger partial charge < -0.3 is 5.32 Å². The molecule has 0 aliphatic heterocycles. The van der Waals surface area contributed by atoms with Crippen molar-refractivity contribution in [2.45, 2.75) is 51.5 Å². The minimum absolute atomic E-state index is 0.198. The molecule has 3 heteroatoms. The molecule has 1 aromatic carbocycles. The van der Waals surface area contributed by atoms with Crippen LogP contribution >= 0.6 is 15.9 Å². The molecule has 2 rings (SSSR count). The van der Waals surface area contributed by atoms with E-state index in [1.54, 1.807) is 0 Å². The molecule has 0 heterocycles. The molecule has 1 aliphatic carbocycles. The third-order valence-electron chi connectivity index (χ3n) is 4.21. The number of carbonyl (C=O) groups is 1. The van der Waals surface area contributed by atoms with E-state index in [4.69, 9.17) is 0 Å². The molecule has 0 radical (unpaired) electrons. The molecular formula is C17H24BrNO. The molecule has 1 N–H and O–H groups in total. The van der Waals surface area contributed by atoms with E-state index in [-0.39, 0.29) is 5.91 Å². The van der Waals surface area contributed by atoms with Gasteiger partial charge in [0.1, 0.15) is 0 Å². The summed E-state index contributed by atoms with van der Waals surface area (Å²) in [5.74, 6) is 0.801. The second-order valence-corrected chi connectivity index (χ2v) is 6.51. The van der Waals surface area contributed by atoms with Crippen LogP contribution in [0.25, 0.3) is 0 Å². The summed E-state index contributed by atoms with van der Waals surface area (Å²) in [6, 6.07) is 8.81. The normalized spacial score (nSPS) is 22.5. The fourth-order valence-electron chi connectivity index (χ4n) is 2.87. The Morgan fingerprint density at radius 1 is 1.25 bits per heavy atom. The highest BCUT2D eigenvalue weighted by Crippen LogP contribution is 2.26. The highest BCUT2D eigenvalue weighted by molar-refractivity contribution is 9.09. The minimum atomic E-state index is 0.198. The molecule has 1 amide bonds. The van der Waals surface area contributed by atoms with E-state index in [1.807, 2.05) is 0 Å². The lowest BCUT2D eigenvalue weighted by molar-refractivity contribution is -0.122. The highest BCUT2D eigenvalue weighted by atomic mass is 79.9. The van der Waals surface area contributed by atoms with Gasteiger partial charge in [0.25, 0.3) is 0 Å². The van der Waals surface area contributed by atoms with Crippen molar-refractivity contribution in [3.8, 4) is 0 Å². The Morgan fingerprint density at radius 2 is 1.95 bits per heavy atom. The molecule has 0 spiro atoms. The molecular weight excluding hydrogens is 314 g/mol. The first-order valence-corrected chi connectivity index (χ1v) is 8.72. The van der Waals surface area contributed by atoms with E-state index in [2.05, 4.69) is 52.4 Å². The average molecular weight is 338 g/mol. The molecule has 20 heavy (non-hydrogen) atoms. The third kappa shape index (κ3) is 4.62. The number of rotatable bonds is 5. The Labute approximate surface area is 130 Å². The predicted molar refractivity (Wildman–Crippen MR) is 87.2 cm³/mol. The summed E-state index contributed by atoms with van der Waals surface area (Å²) < 4.78 is 0. The van der Waals surface area contributed by atoms with Crippen LogP contribution in [0.5, 0.6) is 0 Å². The maximum absolute atomic E-state index is 12.1. The second-order valence-electron chi connectivity index (χ2n) is 5.86. The number of nitrogens with one attached hydrogen (secondary N) is 1. The molecule has 110 valence electrons. The number of hydrogen-bond donors (Lipinski definition) is 1. The van der Waals surface area contributed by atoms with Crippen LogP contribution in [0.3, 0.4) is 0 Å². The van der Waals surface area contributed by atoms with Crippen molar-refractivity contribution in [2.24, 2.45) is 5.92 Å². The zero-order valence-corrected chi connectivity index (χ0v) is 13.8. The minimum Gasteiger partial charge on any atom is -0.353 e. The van der Waals surface area contributed by atoms with Gasteiger partial charge in [-0.15, -0.1) is 0 Å². The quantitative estimate of drug-likeness (QED) is 0.808. The first kappa shape index (κ1) is 15.6. The van der Waals surface area contributed by atoms with Crippen LogP contribution in [0.1, 0.15) is 43.2 Å². The van der Waals surface area contributed by atoms with Gasteiger partial charge in [0.2, 0.25) is 5.91 Å². The number of halogens is 1. The lowest BCUT2D eigenvalue weighted by Crippen LogP contribution is -2.42. The van der Waals surface area contributed by atoms with E-state index in [1.165, 1.54) is 30.4 Å². The third-order valence-corrected chi connectivity index (χ3v) is 5.05. The van der Waals surface area contributed by atoms with Gasteiger partial charge in [0, 0.05) is 17.8 Å². The van der Waals surface area contributed by atoms with Gasteiger partial charge in [0.05, 0.1) is 0 Å². The number of carbonyl (C=O) groups excluding carboxylic acids is 1. The first-order valence-electron chi connectivity index (χ1n) is 7.60. The zero-order valence-electron chi connectivity index (χ0n) is 12.2. The van der Waals surface area contributed by atoms with Gasteiger partial charge in [-0.2, -0.15) is 0 Å². The largest absolute Gasteiger partial charge is 0.353 e.